The first-order valence-corrected chi connectivity index (χ1v) is 10.2. The second kappa shape index (κ2) is 7.41. The number of halogens is 2. The first-order chi connectivity index (χ1) is 11.9. The van der Waals surface area contributed by atoms with Gasteiger partial charge in [-0.05, 0) is 36.4 Å². The van der Waals surface area contributed by atoms with Crippen LogP contribution in [-0.2, 0) is 10.0 Å². The molecule has 0 aromatic heterocycles. The van der Waals surface area contributed by atoms with Gasteiger partial charge in [0.1, 0.15) is 4.90 Å². The fourth-order valence-electron chi connectivity index (χ4n) is 2.79. The molecule has 1 aliphatic rings. The van der Waals surface area contributed by atoms with Crippen LogP contribution in [0, 0.1) is 0 Å². The van der Waals surface area contributed by atoms with Crippen LogP contribution in [0.5, 0.6) is 0 Å². The average Bonchev–Trinajstić information content (AvgIpc) is 2.58. The summed E-state index contributed by atoms with van der Waals surface area (Å²) in [6.45, 7) is 4.19. The van der Waals surface area contributed by atoms with Crippen molar-refractivity contribution in [1.82, 2.24) is 0 Å². The molecule has 2 aromatic rings. The third-order valence-corrected chi connectivity index (χ3v) is 6.66. The number of anilines is 2. The van der Waals surface area contributed by atoms with E-state index in [1.54, 1.807) is 24.3 Å². The highest BCUT2D eigenvalue weighted by atomic mass is 35.5. The summed E-state index contributed by atoms with van der Waals surface area (Å²) < 4.78 is 27.6. The lowest BCUT2D eigenvalue weighted by Gasteiger charge is -2.31. The largest absolute Gasteiger partial charge is 0.360 e. The van der Waals surface area contributed by atoms with Gasteiger partial charge in [0.25, 0.3) is 10.0 Å². The summed E-state index contributed by atoms with van der Waals surface area (Å²) in [7, 11) is -1.60. The Kier molecular flexibility index (Phi) is 5.43. The van der Waals surface area contributed by atoms with E-state index in [0.717, 1.165) is 31.9 Å². The van der Waals surface area contributed by atoms with E-state index in [1.807, 2.05) is 12.1 Å². The van der Waals surface area contributed by atoms with Crippen molar-refractivity contribution >= 4 is 44.6 Å². The number of likely N-dealkylation sites (N-methyl/N-ethyl adjacent to an activating group) is 1. The fourth-order valence-corrected chi connectivity index (χ4v) is 4.61. The Morgan fingerprint density at radius 1 is 1.04 bits per heavy atom. The maximum atomic E-state index is 12.5. The highest BCUT2D eigenvalue weighted by Crippen LogP contribution is 2.30. The molecule has 1 saturated heterocycles. The van der Waals surface area contributed by atoms with Crippen molar-refractivity contribution in [2.75, 3.05) is 42.8 Å². The minimum absolute atomic E-state index is 0.0215. The highest BCUT2D eigenvalue weighted by molar-refractivity contribution is 7.92. The summed E-state index contributed by atoms with van der Waals surface area (Å²) in [5, 5.41) is 0.227. The van der Waals surface area contributed by atoms with E-state index in [9.17, 15) is 8.42 Å². The number of rotatable bonds is 4. The number of hydrogen-bond acceptors (Lipinski definition) is 3. The SMILES string of the molecule is C[NH+]1CCN(c2ccc(NS(=O)(=O)c3cccc(Cl)c3Cl)cc2)CC1. The van der Waals surface area contributed by atoms with Crippen molar-refractivity contribution in [3.05, 3.63) is 52.5 Å². The molecule has 0 radical (unpaired) electrons. The number of benzene rings is 2. The number of nitrogens with zero attached hydrogens (tertiary/aromatic N) is 1. The van der Waals surface area contributed by atoms with Crippen LogP contribution in [0.15, 0.2) is 47.4 Å². The van der Waals surface area contributed by atoms with Crippen molar-refractivity contribution in [3.8, 4) is 0 Å². The molecule has 3 rings (SSSR count). The van der Waals surface area contributed by atoms with Crippen molar-refractivity contribution in [2.45, 2.75) is 4.90 Å². The summed E-state index contributed by atoms with van der Waals surface area (Å²) in [6, 6.07) is 11.9. The minimum Gasteiger partial charge on any atom is -0.360 e. The summed E-state index contributed by atoms with van der Waals surface area (Å²) in [4.78, 5) is 3.80. The molecule has 2 aromatic carbocycles. The molecule has 8 heteroatoms. The first kappa shape index (κ1) is 18.3. The molecule has 0 bridgehead atoms. The van der Waals surface area contributed by atoms with Gasteiger partial charge >= 0.3 is 0 Å². The highest BCUT2D eigenvalue weighted by Gasteiger charge is 2.20. The van der Waals surface area contributed by atoms with Crippen LogP contribution < -0.4 is 14.5 Å². The van der Waals surface area contributed by atoms with Gasteiger partial charge in [0.05, 0.1) is 43.3 Å². The van der Waals surface area contributed by atoms with Gasteiger partial charge in [0, 0.05) is 11.4 Å². The molecule has 5 nitrogen and oxygen atoms in total. The summed E-state index contributed by atoms with van der Waals surface area (Å²) >= 11 is 11.9. The zero-order valence-electron chi connectivity index (χ0n) is 13.8. The average molecular weight is 401 g/mol. The van der Waals surface area contributed by atoms with Crippen LogP contribution in [0.25, 0.3) is 0 Å². The van der Waals surface area contributed by atoms with Gasteiger partial charge in [-0.25, -0.2) is 8.42 Å². The predicted octanol–water partition coefficient (Wildman–Crippen LogP) is 2.13. The molecule has 0 spiro atoms. The molecule has 0 saturated carbocycles. The van der Waals surface area contributed by atoms with E-state index < -0.39 is 10.0 Å². The van der Waals surface area contributed by atoms with E-state index >= 15 is 0 Å². The molecular formula is C17H20Cl2N3O2S+. The Morgan fingerprint density at radius 3 is 2.32 bits per heavy atom. The number of nitrogens with one attached hydrogen (secondary N) is 2. The molecule has 0 unspecified atom stereocenters. The van der Waals surface area contributed by atoms with Crippen molar-refractivity contribution < 1.29 is 13.3 Å². The third kappa shape index (κ3) is 4.20. The zero-order valence-corrected chi connectivity index (χ0v) is 16.1. The van der Waals surface area contributed by atoms with E-state index in [2.05, 4.69) is 16.7 Å². The maximum Gasteiger partial charge on any atom is 0.263 e. The molecule has 134 valence electrons. The van der Waals surface area contributed by atoms with Gasteiger partial charge < -0.3 is 9.80 Å². The van der Waals surface area contributed by atoms with Crippen LogP contribution in [0.3, 0.4) is 0 Å². The molecule has 0 aliphatic carbocycles. The normalized spacial score (nSPS) is 16.0. The summed E-state index contributed by atoms with van der Waals surface area (Å²) in [6.07, 6.45) is 0. The second-order valence-electron chi connectivity index (χ2n) is 6.15. The molecule has 25 heavy (non-hydrogen) atoms. The van der Waals surface area contributed by atoms with E-state index in [4.69, 9.17) is 23.2 Å². The Hall–Kier alpha value is -1.47. The molecule has 1 aliphatic heterocycles. The Labute approximate surface area is 158 Å². The summed E-state index contributed by atoms with van der Waals surface area (Å²) in [5.74, 6) is 0. The van der Waals surface area contributed by atoms with Gasteiger partial charge in [-0.2, -0.15) is 0 Å². The minimum atomic E-state index is -3.79. The number of quaternary nitrogens is 1. The van der Waals surface area contributed by atoms with Crippen molar-refractivity contribution in [2.24, 2.45) is 0 Å². The Bertz CT molecular complexity index is 849. The number of sulfonamides is 1. The first-order valence-electron chi connectivity index (χ1n) is 8.00. The Balaban J connectivity index is 1.76. The standard InChI is InChI=1S/C17H19Cl2N3O2S/c1-21-9-11-22(12-10-21)14-7-5-13(6-8-14)20-25(23,24)16-4-2-3-15(18)17(16)19/h2-8,20H,9-12H2,1H3/p+1. The van der Waals surface area contributed by atoms with Crippen LogP contribution in [0.4, 0.5) is 11.4 Å². The molecule has 0 amide bonds. The molecule has 1 heterocycles. The zero-order chi connectivity index (χ0) is 18.0. The molecule has 2 N–H and O–H groups in total. The lowest BCUT2D eigenvalue weighted by molar-refractivity contribution is -0.880. The predicted molar refractivity (Wildman–Crippen MR) is 103 cm³/mol. The fraction of sp³-hybridized carbons (Fsp3) is 0.294. The molecule has 1 fully saturated rings. The van der Waals surface area contributed by atoms with Crippen LogP contribution in [-0.4, -0.2) is 41.6 Å². The topological polar surface area (TPSA) is 53.9 Å². The van der Waals surface area contributed by atoms with Crippen LogP contribution in [0.2, 0.25) is 10.0 Å². The molecule has 0 atom stereocenters. The molecular weight excluding hydrogens is 381 g/mol. The monoisotopic (exact) mass is 400 g/mol. The lowest BCUT2D eigenvalue weighted by Crippen LogP contribution is -3.12. The van der Waals surface area contributed by atoms with Gasteiger partial charge in [-0.15, -0.1) is 0 Å². The van der Waals surface area contributed by atoms with E-state index in [1.165, 1.54) is 11.0 Å². The van der Waals surface area contributed by atoms with Gasteiger partial charge in [-0.1, -0.05) is 29.3 Å². The maximum absolute atomic E-state index is 12.5. The van der Waals surface area contributed by atoms with E-state index in [-0.39, 0.29) is 14.9 Å². The van der Waals surface area contributed by atoms with Crippen molar-refractivity contribution in [3.63, 3.8) is 0 Å². The number of hydrogen-bond donors (Lipinski definition) is 2. The van der Waals surface area contributed by atoms with Crippen molar-refractivity contribution in [1.29, 1.82) is 0 Å². The van der Waals surface area contributed by atoms with Crippen LogP contribution >= 0.6 is 23.2 Å². The smallest absolute Gasteiger partial charge is 0.263 e. The second-order valence-corrected chi connectivity index (χ2v) is 8.58. The van der Waals surface area contributed by atoms with E-state index in [0.29, 0.717) is 5.69 Å². The quantitative estimate of drug-likeness (QED) is 0.826. The van der Waals surface area contributed by atoms with Gasteiger partial charge in [0.2, 0.25) is 0 Å². The lowest BCUT2D eigenvalue weighted by atomic mass is 10.2. The number of piperazine rings is 1. The summed E-state index contributed by atoms with van der Waals surface area (Å²) in [5.41, 5.74) is 1.58. The van der Waals surface area contributed by atoms with Gasteiger partial charge in [-0.3, -0.25) is 4.72 Å². The Morgan fingerprint density at radius 2 is 1.68 bits per heavy atom. The third-order valence-electron chi connectivity index (χ3n) is 4.31. The van der Waals surface area contributed by atoms with Crippen LogP contribution in [0.1, 0.15) is 0 Å². The van der Waals surface area contributed by atoms with Gasteiger partial charge in [0.15, 0.2) is 0 Å².